The zero-order valence-corrected chi connectivity index (χ0v) is 18.5. The Labute approximate surface area is 191 Å². The third-order valence-corrected chi connectivity index (χ3v) is 6.06. The lowest BCUT2D eigenvalue weighted by Crippen LogP contribution is -2.38. The third-order valence-electron chi connectivity index (χ3n) is 6.06. The number of para-hydroxylation sites is 1. The number of carbonyl (C=O) groups is 2. The van der Waals surface area contributed by atoms with Gasteiger partial charge in [0.1, 0.15) is 5.56 Å². The molecule has 2 aromatic carbocycles. The zero-order valence-electron chi connectivity index (χ0n) is 18.5. The van der Waals surface area contributed by atoms with Crippen LogP contribution in [0.1, 0.15) is 52.1 Å². The predicted molar refractivity (Wildman–Crippen MR) is 122 cm³/mol. The minimum absolute atomic E-state index is 0.0261. The monoisotopic (exact) mass is 444 g/mol. The summed E-state index contributed by atoms with van der Waals surface area (Å²) in [6, 6.07) is 14.5. The third kappa shape index (κ3) is 3.91. The number of nitrogens with one attached hydrogen (secondary N) is 1. The van der Waals surface area contributed by atoms with Crippen LogP contribution in [0.5, 0.6) is 11.5 Å². The number of pyridine rings is 1. The van der Waals surface area contributed by atoms with Crippen molar-refractivity contribution >= 4 is 11.7 Å². The Kier molecular flexibility index (Phi) is 5.04. The molecule has 1 aliphatic heterocycles. The van der Waals surface area contributed by atoms with Crippen LogP contribution < -0.4 is 20.3 Å². The van der Waals surface area contributed by atoms with Crippen LogP contribution in [-0.2, 0) is 13.0 Å². The molecule has 7 heteroatoms. The molecule has 1 aliphatic carbocycles. The Morgan fingerprint density at radius 2 is 1.79 bits per heavy atom. The molecular formula is C26H24N2O5. The van der Waals surface area contributed by atoms with Gasteiger partial charge in [0, 0.05) is 30.4 Å². The van der Waals surface area contributed by atoms with Gasteiger partial charge in [0.25, 0.3) is 11.5 Å². The molecule has 0 unspecified atom stereocenters. The smallest absolute Gasteiger partial charge is 0.268 e. The summed E-state index contributed by atoms with van der Waals surface area (Å²) in [4.78, 5) is 39.9. The van der Waals surface area contributed by atoms with Crippen molar-refractivity contribution in [1.29, 1.82) is 0 Å². The molecule has 168 valence electrons. The number of ether oxygens (including phenoxy) is 2. The first-order valence-corrected chi connectivity index (χ1v) is 10.9. The van der Waals surface area contributed by atoms with Crippen molar-refractivity contribution in [2.24, 2.45) is 5.41 Å². The number of ketones is 1. The SMILES string of the molecule is CC1(C)CC(=O)c2cn(-c3ccccc3)c(=O)c(C(=O)NCc3ccc4c(c3)OCO4)c2C1. The van der Waals surface area contributed by atoms with Crippen LogP contribution in [0.25, 0.3) is 5.69 Å². The Morgan fingerprint density at radius 1 is 1.03 bits per heavy atom. The maximum atomic E-state index is 13.5. The summed E-state index contributed by atoms with van der Waals surface area (Å²) in [6.45, 7) is 4.33. The standard InChI is InChI=1S/C26H24N2O5/c1-26(2)11-18-19(20(29)12-26)14-28(17-6-4-3-5-7-17)25(31)23(18)24(30)27-13-16-8-9-21-22(10-16)33-15-32-21/h3-10,14H,11-13,15H2,1-2H3,(H,27,30). The van der Waals surface area contributed by atoms with Gasteiger partial charge in [-0.3, -0.25) is 19.0 Å². The molecule has 3 aromatic rings. The number of amides is 1. The molecule has 0 spiro atoms. The van der Waals surface area contributed by atoms with Gasteiger partial charge in [0.15, 0.2) is 17.3 Å². The molecule has 0 saturated heterocycles. The van der Waals surface area contributed by atoms with Gasteiger partial charge in [-0.25, -0.2) is 0 Å². The van der Waals surface area contributed by atoms with E-state index in [2.05, 4.69) is 5.32 Å². The van der Waals surface area contributed by atoms with Crippen molar-refractivity contribution in [1.82, 2.24) is 9.88 Å². The van der Waals surface area contributed by atoms with Gasteiger partial charge < -0.3 is 14.8 Å². The van der Waals surface area contributed by atoms with Gasteiger partial charge in [-0.05, 0) is 47.2 Å². The van der Waals surface area contributed by atoms with Crippen molar-refractivity contribution in [2.45, 2.75) is 33.2 Å². The van der Waals surface area contributed by atoms with Crippen LogP contribution in [0.15, 0.2) is 59.5 Å². The average molecular weight is 444 g/mol. The highest BCUT2D eigenvalue weighted by Crippen LogP contribution is 2.36. The highest BCUT2D eigenvalue weighted by molar-refractivity contribution is 6.04. The number of aromatic nitrogens is 1. The van der Waals surface area contributed by atoms with E-state index in [0.717, 1.165) is 5.56 Å². The van der Waals surface area contributed by atoms with Crippen LogP contribution in [0.2, 0.25) is 0 Å². The van der Waals surface area contributed by atoms with Crippen molar-refractivity contribution in [3.8, 4) is 17.2 Å². The number of hydrogen-bond acceptors (Lipinski definition) is 5. The van der Waals surface area contributed by atoms with Crippen LogP contribution in [0, 0.1) is 5.41 Å². The minimum Gasteiger partial charge on any atom is -0.454 e. The van der Waals surface area contributed by atoms with Crippen LogP contribution in [0.4, 0.5) is 0 Å². The second-order valence-electron chi connectivity index (χ2n) is 9.22. The second kappa shape index (κ2) is 7.92. The number of nitrogens with zero attached hydrogens (tertiary/aromatic N) is 1. The first-order chi connectivity index (χ1) is 15.8. The summed E-state index contributed by atoms with van der Waals surface area (Å²) < 4.78 is 12.1. The Bertz CT molecular complexity index is 1320. The highest BCUT2D eigenvalue weighted by Gasteiger charge is 2.36. The Balaban J connectivity index is 1.55. The molecule has 0 atom stereocenters. The fourth-order valence-corrected chi connectivity index (χ4v) is 4.48. The molecule has 2 heterocycles. The van der Waals surface area contributed by atoms with Gasteiger partial charge in [-0.15, -0.1) is 0 Å². The Hall–Kier alpha value is -3.87. The van der Waals surface area contributed by atoms with Crippen molar-refractivity contribution < 1.29 is 19.1 Å². The summed E-state index contributed by atoms with van der Waals surface area (Å²) in [5.74, 6) is 0.728. The Morgan fingerprint density at radius 3 is 2.58 bits per heavy atom. The minimum atomic E-state index is -0.496. The van der Waals surface area contributed by atoms with E-state index in [-0.39, 0.29) is 30.1 Å². The molecule has 1 amide bonds. The van der Waals surface area contributed by atoms with Crippen molar-refractivity contribution in [3.05, 3.63) is 87.3 Å². The van der Waals surface area contributed by atoms with Crippen LogP contribution in [0.3, 0.4) is 0 Å². The maximum Gasteiger partial charge on any atom is 0.268 e. The van der Waals surface area contributed by atoms with Crippen LogP contribution in [-0.4, -0.2) is 23.1 Å². The lowest BCUT2D eigenvalue weighted by Gasteiger charge is -2.31. The first kappa shape index (κ1) is 21.0. The van der Waals surface area contributed by atoms with Gasteiger partial charge >= 0.3 is 0 Å². The molecule has 33 heavy (non-hydrogen) atoms. The lowest BCUT2D eigenvalue weighted by atomic mass is 9.73. The average Bonchev–Trinajstić information content (AvgIpc) is 3.25. The molecule has 1 N–H and O–H groups in total. The summed E-state index contributed by atoms with van der Waals surface area (Å²) in [6.07, 6.45) is 2.43. The van der Waals surface area contributed by atoms with Gasteiger partial charge in [0.05, 0.1) is 0 Å². The summed E-state index contributed by atoms with van der Waals surface area (Å²) in [5.41, 5.74) is 1.64. The van der Waals surface area contributed by atoms with E-state index in [9.17, 15) is 14.4 Å². The van der Waals surface area contributed by atoms with Crippen LogP contribution >= 0.6 is 0 Å². The second-order valence-corrected chi connectivity index (χ2v) is 9.22. The molecule has 0 bridgehead atoms. The molecule has 0 radical (unpaired) electrons. The molecule has 5 rings (SSSR count). The topological polar surface area (TPSA) is 86.6 Å². The summed E-state index contributed by atoms with van der Waals surface area (Å²) >= 11 is 0. The molecule has 0 fully saturated rings. The van der Waals surface area contributed by atoms with Gasteiger partial charge in [0.2, 0.25) is 6.79 Å². The predicted octanol–water partition coefficient (Wildman–Crippen LogP) is 3.65. The largest absolute Gasteiger partial charge is 0.454 e. The van der Waals surface area contributed by atoms with Gasteiger partial charge in [-0.2, -0.15) is 0 Å². The number of fused-ring (bicyclic) bond motifs is 2. The molecule has 7 nitrogen and oxygen atoms in total. The fourth-order valence-electron chi connectivity index (χ4n) is 4.48. The number of benzene rings is 2. The van der Waals surface area contributed by atoms with E-state index in [1.54, 1.807) is 30.5 Å². The van der Waals surface area contributed by atoms with Crippen molar-refractivity contribution in [3.63, 3.8) is 0 Å². The molecular weight excluding hydrogens is 420 g/mol. The molecule has 2 aliphatic rings. The normalized spacial score (nSPS) is 15.8. The van der Waals surface area contributed by atoms with Gasteiger partial charge in [-0.1, -0.05) is 38.1 Å². The number of Topliss-reactive ketones (excluding diaryl/α,β-unsaturated/α-hetero) is 1. The maximum absolute atomic E-state index is 13.5. The summed E-state index contributed by atoms with van der Waals surface area (Å²) in [5, 5.41) is 2.86. The number of carbonyl (C=O) groups excluding carboxylic acids is 2. The number of hydrogen-bond donors (Lipinski definition) is 1. The van der Waals surface area contributed by atoms with E-state index >= 15 is 0 Å². The quantitative estimate of drug-likeness (QED) is 0.664. The van der Waals surface area contributed by atoms with E-state index in [1.807, 2.05) is 38.1 Å². The lowest BCUT2D eigenvalue weighted by molar-refractivity contribution is 0.0908. The zero-order chi connectivity index (χ0) is 23.2. The number of rotatable bonds is 4. The van der Waals surface area contributed by atoms with Crippen molar-refractivity contribution in [2.75, 3.05) is 6.79 Å². The first-order valence-electron chi connectivity index (χ1n) is 10.9. The molecule has 1 aromatic heterocycles. The van der Waals surface area contributed by atoms with E-state index in [1.165, 1.54) is 4.57 Å². The van der Waals surface area contributed by atoms with E-state index < -0.39 is 11.5 Å². The fraction of sp³-hybridized carbons (Fsp3) is 0.269. The summed E-state index contributed by atoms with van der Waals surface area (Å²) in [7, 11) is 0. The van der Waals surface area contributed by atoms with E-state index in [0.29, 0.717) is 41.2 Å². The van der Waals surface area contributed by atoms with E-state index in [4.69, 9.17) is 9.47 Å². The highest BCUT2D eigenvalue weighted by atomic mass is 16.7. The molecule has 0 saturated carbocycles.